The molecule has 122 valence electrons. The van der Waals surface area contributed by atoms with Gasteiger partial charge in [0, 0.05) is 7.11 Å². The number of nitrogens with zero attached hydrogens (tertiary/aromatic N) is 1. The van der Waals surface area contributed by atoms with Crippen molar-refractivity contribution in [1.29, 1.82) is 0 Å². The Morgan fingerprint density at radius 2 is 2.10 bits per heavy atom. The van der Waals surface area contributed by atoms with E-state index in [1.54, 1.807) is 34.6 Å². The van der Waals surface area contributed by atoms with Crippen LogP contribution in [0, 0.1) is 0 Å². The zero-order valence-corrected chi connectivity index (χ0v) is 13.5. The first kappa shape index (κ1) is 17.9. The first-order chi connectivity index (χ1) is 9.62. The number of hydrogen-bond acceptors (Lipinski definition) is 6. The number of carbonyl (C=O) groups is 2. The van der Waals surface area contributed by atoms with Crippen molar-refractivity contribution in [2.24, 2.45) is 0 Å². The minimum absolute atomic E-state index is 0.0392. The number of amides is 1. The molecule has 21 heavy (non-hydrogen) atoms. The maximum Gasteiger partial charge on any atom is 0.413 e. The maximum atomic E-state index is 12.4. The number of methoxy groups -OCH3 is 1. The molecule has 1 aliphatic rings. The molecule has 1 saturated heterocycles. The zero-order valence-electron chi connectivity index (χ0n) is 13.5. The highest BCUT2D eigenvalue weighted by Gasteiger charge is 2.49. The van der Waals surface area contributed by atoms with Crippen molar-refractivity contribution < 1.29 is 28.5 Å². The molecule has 0 N–H and O–H groups in total. The Balaban J connectivity index is 2.92. The lowest BCUT2D eigenvalue weighted by Gasteiger charge is -2.36. The monoisotopic (exact) mass is 303 g/mol. The van der Waals surface area contributed by atoms with Gasteiger partial charge < -0.3 is 23.7 Å². The Labute approximate surface area is 125 Å². The second-order valence-electron chi connectivity index (χ2n) is 6.35. The molecule has 1 fully saturated rings. The average molecular weight is 303 g/mol. The molecule has 0 spiro atoms. The highest BCUT2D eigenvalue weighted by atomic mass is 16.7. The summed E-state index contributed by atoms with van der Waals surface area (Å²) in [4.78, 5) is 25.1. The standard InChI is InChI=1S/C14H25NO6/c1-13(2,3)21-12(17)15-10(8-20-14(15,4)5)11(7-16)19-9-18-6/h7,10-11H,8-9H2,1-6H3/t10-,11+/m0/s1. The molecule has 1 amide bonds. The van der Waals surface area contributed by atoms with Gasteiger partial charge in [-0.1, -0.05) is 0 Å². The molecule has 0 aromatic heterocycles. The fraction of sp³-hybridized carbons (Fsp3) is 0.857. The third-order valence-electron chi connectivity index (χ3n) is 3.00. The van der Waals surface area contributed by atoms with E-state index in [2.05, 4.69) is 0 Å². The van der Waals surface area contributed by atoms with Crippen molar-refractivity contribution in [3.05, 3.63) is 0 Å². The normalized spacial score (nSPS) is 23.0. The van der Waals surface area contributed by atoms with Crippen LogP contribution in [0.15, 0.2) is 0 Å². The Hall–Kier alpha value is -1.18. The molecule has 2 atom stereocenters. The van der Waals surface area contributed by atoms with E-state index in [1.807, 2.05) is 0 Å². The van der Waals surface area contributed by atoms with E-state index in [0.717, 1.165) is 0 Å². The van der Waals surface area contributed by atoms with Gasteiger partial charge in [0.05, 0.1) is 12.6 Å². The predicted molar refractivity (Wildman–Crippen MR) is 74.7 cm³/mol. The Bertz CT molecular complexity index is 376. The average Bonchev–Trinajstić information content (AvgIpc) is 2.64. The van der Waals surface area contributed by atoms with Crippen LogP contribution in [0.3, 0.4) is 0 Å². The molecule has 0 aliphatic carbocycles. The van der Waals surface area contributed by atoms with Crippen LogP contribution in [-0.2, 0) is 23.7 Å². The fourth-order valence-electron chi connectivity index (χ4n) is 2.13. The quantitative estimate of drug-likeness (QED) is 0.566. The van der Waals surface area contributed by atoms with Crippen molar-refractivity contribution in [3.63, 3.8) is 0 Å². The van der Waals surface area contributed by atoms with Crippen molar-refractivity contribution in [2.75, 3.05) is 20.5 Å². The van der Waals surface area contributed by atoms with Gasteiger partial charge in [0.15, 0.2) is 6.29 Å². The summed E-state index contributed by atoms with van der Waals surface area (Å²) in [5.41, 5.74) is -1.50. The summed E-state index contributed by atoms with van der Waals surface area (Å²) in [6, 6.07) is -0.553. The summed E-state index contributed by atoms with van der Waals surface area (Å²) >= 11 is 0. The molecule has 7 heteroatoms. The SMILES string of the molecule is COCO[C@H](C=O)[C@@H]1COC(C)(C)N1C(=O)OC(C)(C)C. The van der Waals surface area contributed by atoms with Gasteiger partial charge in [-0.25, -0.2) is 4.79 Å². The van der Waals surface area contributed by atoms with Crippen molar-refractivity contribution in [1.82, 2.24) is 4.90 Å². The first-order valence-electron chi connectivity index (χ1n) is 6.84. The second kappa shape index (κ2) is 6.72. The third kappa shape index (κ3) is 4.66. The third-order valence-corrected chi connectivity index (χ3v) is 3.00. The van der Waals surface area contributed by atoms with Crippen LogP contribution < -0.4 is 0 Å². The number of rotatable bonds is 5. The van der Waals surface area contributed by atoms with Crippen LogP contribution in [0.1, 0.15) is 34.6 Å². The molecular weight excluding hydrogens is 278 g/mol. The molecule has 0 aromatic carbocycles. The van der Waals surface area contributed by atoms with Crippen LogP contribution >= 0.6 is 0 Å². The molecule has 1 aliphatic heterocycles. The van der Waals surface area contributed by atoms with Crippen molar-refractivity contribution in [3.8, 4) is 0 Å². The minimum atomic E-state index is -0.870. The molecule has 0 bridgehead atoms. The van der Waals surface area contributed by atoms with Crippen LogP contribution in [0.4, 0.5) is 4.79 Å². The summed E-state index contributed by atoms with van der Waals surface area (Å²) in [5.74, 6) is 0. The van der Waals surface area contributed by atoms with Gasteiger partial charge >= 0.3 is 6.09 Å². The summed E-state index contributed by atoms with van der Waals surface area (Å²) in [7, 11) is 1.46. The number of hydrogen-bond donors (Lipinski definition) is 0. The number of carbonyl (C=O) groups excluding carboxylic acids is 2. The fourth-order valence-corrected chi connectivity index (χ4v) is 2.13. The van der Waals surface area contributed by atoms with Crippen LogP contribution in [0.25, 0.3) is 0 Å². The van der Waals surface area contributed by atoms with E-state index >= 15 is 0 Å². The molecule has 7 nitrogen and oxygen atoms in total. The Kier molecular flexibility index (Phi) is 5.72. The lowest BCUT2D eigenvalue weighted by molar-refractivity contribution is -0.135. The molecular formula is C14H25NO6. The van der Waals surface area contributed by atoms with Gasteiger partial charge in [-0.05, 0) is 34.6 Å². The lowest BCUT2D eigenvalue weighted by atomic mass is 10.1. The van der Waals surface area contributed by atoms with E-state index < -0.39 is 29.6 Å². The Morgan fingerprint density at radius 3 is 2.57 bits per heavy atom. The second-order valence-corrected chi connectivity index (χ2v) is 6.35. The highest BCUT2D eigenvalue weighted by Crippen LogP contribution is 2.31. The zero-order chi connectivity index (χ0) is 16.3. The van der Waals surface area contributed by atoms with Crippen LogP contribution in [0.2, 0.25) is 0 Å². The lowest BCUT2D eigenvalue weighted by Crippen LogP contribution is -2.54. The summed E-state index contributed by atoms with van der Waals surface area (Å²) in [5, 5.41) is 0. The van der Waals surface area contributed by atoms with Gasteiger partial charge in [0.1, 0.15) is 24.2 Å². The van der Waals surface area contributed by atoms with Gasteiger partial charge in [-0.15, -0.1) is 0 Å². The van der Waals surface area contributed by atoms with Gasteiger partial charge in [0.2, 0.25) is 0 Å². The predicted octanol–water partition coefficient (Wildman–Crippen LogP) is 1.55. The van der Waals surface area contributed by atoms with Gasteiger partial charge in [-0.2, -0.15) is 0 Å². The smallest absolute Gasteiger partial charge is 0.413 e. The van der Waals surface area contributed by atoms with E-state index in [4.69, 9.17) is 18.9 Å². The van der Waals surface area contributed by atoms with Crippen molar-refractivity contribution >= 4 is 12.4 Å². The molecule has 0 aromatic rings. The maximum absolute atomic E-state index is 12.4. The van der Waals surface area contributed by atoms with E-state index in [0.29, 0.717) is 6.29 Å². The highest BCUT2D eigenvalue weighted by molar-refractivity contribution is 5.71. The van der Waals surface area contributed by atoms with E-state index in [-0.39, 0.29) is 13.4 Å². The largest absolute Gasteiger partial charge is 0.444 e. The molecule has 0 saturated carbocycles. The topological polar surface area (TPSA) is 74.3 Å². The molecule has 0 unspecified atom stereocenters. The van der Waals surface area contributed by atoms with E-state index in [1.165, 1.54) is 12.0 Å². The summed E-state index contributed by atoms with van der Waals surface area (Å²) in [6.45, 7) is 8.99. The van der Waals surface area contributed by atoms with Gasteiger partial charge in [0.25, 0.3) is 0 Å². The van der Waals surface area contributed by atoms with Crippen LogP contribution in [0.5, 0.6) is 0 Å². The molecule has 1 rings (SSSR count). The summed E-state index contributed by atoms with van der Waals surface area (Å²) < 4.78 is 21.1. The molecule has 1 heterocycles. The molecule has 0 radical (unpaired) electrons. The van der Waals surface area contributed by atoms with Crippen molar-refractivity contribution in [2.45, 2.75) is 58.1 Å². The van der Waals surface area contributed by atoms with Gasteiger partial charge in [-0.3, -0.25) is 4.90 Å². The first-order valence-corrected chi connectivity index (χ1v) is 6.84. The minimum Gasteiger partial charge on any atom is -0.444 e. The number of aldehydes is 1. The van der Waals surface area contributed by atoms with Crippen LogP contribution in [-0.4, -0.2) is 61.3 Å². The summed E-state index contributed by atoms with van der Waals surface area (Å²) in [6.07, 6.45) is -0.728. The Morgan fingerprint density at radius 1 is 1.48 bits per heavy atom. The number of ether oxygens (including phenoxy) is 4. The van der Waals surface area contributed by atoms with E-state index in [9.17, 15) is 9.59 Å².